The summed E-state index contributed by atoms with van der Waals surface area (Å²) < 4.78 is 36.1. The van der Waals surface area contributed by atoms with E-state index in [1.807, 2.05) is 6.07 Å². The molecule has 0 bridgehead atoms. The number of hydrogen-bond acceptors (Lipinski definition) is 2. The first-order valence-electron chi connectivity index (χ1n) is 4.73. The highest BCUT2D eigenvalue weighted by Gasteiger charge is 2.28. The summed E-state index contributed by atoms with van der Waals surface area (Å²) in [7, 11) is 0. The van der Waals surface area contributed by atoms with Crippen molar-refractivity contribution in [2.24, 2.45) is 0 Å². The largest absolute Gasteiger partial charge is 0.446 e. The molecule has 1 aromatic rings. The standard InChI is InChI=1S/C11H10F3NS/c12-11(13,14)16-10-6-4-9(5-7-10)3-1-2-8-15/h4-7H,1-3H2. The summed E-state index contributed by atoms with van der Waals surface area (Å²) in [6.45, 7) is 0. The maximum Gasteiger partial charge on any atom is 0.446 e. The van der Waals surface area contributed by atoms with Crippen LogP contribution in [-0.4, -0.2) is 5.51 Å². The molecule has 0 heterocycles. The van der Waals surface area contributed by atoms with Crippen LogP contribution < -0.4 is 0 Å². The highest BCUT2D eigenvalue weighted by molar-refractivity contribution is 8.00. The van der Waals surface area contributed by atoms with Gasteiger partial charge in [0.05, 0.1) is 6.07 Å². The molecule has 0 aliphatic heterocycles. The van der Waals surface area contributed by atoms with Gasteiger partial charge in [0.25, 0.3) is 0 Å². The van der Waals surface area contributed by atoms with E-state index in [0.717, 1.165) is 18.4 Å². The first kappa shape index (κ1) is 12.9. The Kier molecular flexibility index (Phi) is 4.69. The van der Waals surface area contributed by atoms with Crippen LogP contribution in [0.2, 0.25) is 0 Å². The second-order valence-corrected chi connectivity index (χ2v) is 4.34. The van der Waals surface area contributed by atoms with Crippen LogP contribution >= 0.6 is 11.8 Å². The molecule has 0 saturated carbocycles. The normalized spacial score (nSPS) is 11.1. The van der Waals surface area contributed by atoms with Crippen LogP contribution in [0, 0.1) is 11.3 Å². The Labute approximate surface area is 96.3 Å². The van der Waals surface area contributed by atoms with Crippen molar-refractivity contribution >= 4 is 11.8 Å². The van der Waals surface area contributed by atoms with Crippen molar-refractivity contribution in [2.75, 3.05) is 0 Å². The zero-order chi connectivity index (χ0) is 12.0. The first-order valence-corrected chi connectivity index (χ1v) is 5.54. The van der Waals surface area contributed by atoms with Gasteiger partial charge in [0.2, 0.25) is 0 Å². The molecule has 0 spiro atoms. The molecule has 0 radical (unpaired) electrons. The van der Waals surface area contributed by atoms with E-state index in [2.05, 4.69) is 0 Å². The van der Waals surface area contributed by atoms with Gasteiger partial charge in [0.1, 0.15) is 0 Å². The number of hydrogen-bond donors (Lipinski definition) is 0. The van der Waals surface area contributed by atoms with Crippen LogP contribution in [0.25, 0.3) is 0 Å². The highest BCUT2D eigenvalue weighted by Crippen LogP contribution is 2.36. The van der Waals surface area contributed by atoms with Gasteiger partial charge in [0, 0.05) is 11.3 Å². The molecule has 0 amide bonds. The maximum atomic E-state index is 12.0. The van der Waals surface area contributed by atoms with Crippen molar-refractivity contribution in [1.29, 1.82) is 5.26 Å². The monoisotopic (exact) mass is 245 g/mol. The topological polar surface area (TPSA) is 23.8 Å². The molecule has 1 nitrogen and oxygen atoms in total. The molecular weight excluding hydrogens is 235 g/mol. The van der Waals surface area contributed by atoms with Gasteiger partial charge in [-0.2, -0.15) is 18.4 Å². The van der Waals surface area contributed by atoms with Gasteiger partial charge in [-0.05, 0) is 42.3 Å². The van der Waals surface area contributed by atoms with Crippen LogP contribution in [-0.2, 0) is 6.42 Å². The van der Waals surface area contributed by atoms with Crippen molar-refractivity contribution in [3.8, 4) is 6.07 Å². The molecular formula is C11H10F3NS. The predicted molar refractivity (Wildman–Crippen MR) is 56.9 cm³/mol. The van der Waals surface area contributed by atoms with Crippen molar-refractivity contribution in [3.63, 3.8) is 0 Å². The van der Waals surface area contributed by atoms with E-state index in [0.29, 0.717) is 6.42 Å². The minimum absolute atomic E-state index is 0.115. The van der Waals surface area contributed by atoms with E-state index in [-0.39, 0.29) is 16.7 Å². The van der Waals surface area contributed by atoms with Crippen LogP contribution in [0.5, 0.6) is 0 Å². The summed E-state index contributed by atoms with van der Waals surface area (Å²) in [5, 5.41) is 8.34. The van der Waals surface area contributed by atoms with Crippen molar-refractivity contribution in [2.45, 2.75) is 29.7 Å². The summed E-state index contributed by atoms with van der Waals surface area (Å²) in [5.41, 5.74) is -3.27. The molecule has 0 N–H and O–H groups in total. The van der Waals surface area contributed by atoms with Gasteiger partial charge < -0.3 is 0 Å². The second-order valence-electron chi connectivity index (χ2n) is 3.20. The van der Waals surface area contributed by atoms with Crippen molar-refractivity contribution < 1.29 is 13.2 Å². The number of nitrogens with zero attached hydrogens (tertiary/aromatic N) is 1. The van der Waals surface area contributed by atoms with Crippen molar-refractivity contribution in [3.05, 3.63) is 29.8 Å². The quantitative estimate of drug-likeness (QED) is 0.588. The van der Waals surface area contributed by atoms with Gasteiger partial charge in [-0.3, -0.25) is 0 Å². The Morgan fingerprint density at radius 2 is 1.81 bits per heavy atom. The third-order valence-electron chi connectivity index (χ3n) is 1.91. The van der Waals surface area contributed by atoms with Gasteiger partial charge >= 0.3 is 5.51 Å². The molecule has 0 aromatic heterocycles. The van der Waals surface area contributed by atoms with E-state index >= 15 is 0 Å². The lowest BCUT2D eigenvalue weighted by molar-refractivity contribution is -0.0328. The zero-order valence-electron chi connectivity index (χ0n) is 8.42. The molecule has 86 valence electrons. The number of benzene rings is 1. The molecule has 0 saturated heterocycles. The molecule has 0 unspecified atom stereocenters. The van der Waals surface area contributed by atoms with Gasteiger partial charge in [-0.15, -0.1) is 0 Å². The summed E-state index contributed by atoms with van der Waals surface area (Å²) in [5.74, 6) is 0. The van der Waals surface area contributed by atoms with Gasteiger partial charge in [0.15, 0.2) is 0 Å². The van der Waals surface area contributed by atoms with Crippen LogP contribution in [0.1, 0.15) is 18.4 Å². The molecule has 16 heavy (non-hydrogen) atoms. The summed E-state index contributed by atoms with van der Waals surface area (Å²) in [4.78, 5) is 0.191. The molecule has 1 rings (SSSR count). The Bertz CT molecular complexity index is 364. The Hall–Kier alpha value is -1.15. The summed E-state index contributed by atoms with van der Waals surface area (Å²) in [6.07, 6.45) is 1.94. The first-order chi connectivity index (χ1) is 7.51. The van der Waals surface area contributed by atoms with Crippen LogP contribution in [0.15, 0.2) is 29.2 Å². The fraction of sp³-hybridized carbons (Fsp3) is 0.364. The van der Waals surface area contributed by atoms with Crippen molar-refractivity contribution in [1.82, 2.24) is 0 Å². The molecule has 0 fully saturated rings. The average Bonchev–Trinajstić information content (AvgIpc) is 2.19. The van der Waals surface area contributed by atoms with E-state index in [4.69, 9.17) is 5.26 Å². The molecule has 0 atom stereocenters. The highest BCUT2D eigenvalue weighted by atomic mass is 32.2. The summed E-state index contributed by atoms with van der Waals surface area (Å²) in [6, 6.07) is 8.29. The fourth-order valence-corrected chi connectivity index (χ4v) is 1.77. The SMILES string of the molecule is N#CCCCc1ccc(SC(F)(F)F)cc1. The number of alkyl halides is 3. The molecule has 0 aliphatic rings. The van der Waals surface area contributed by atoms with Crippen LogP contribution in [0.3, 0.4) is 0 Å². The fourth-order valence-electron chi connectivity index (χ4n) is 1.23. The zero-order valence-corrected chi connectivity index (χ0v) is 9.24. The summed E-state index contributed by atoms with van der Waals surface area (Å²) >= 11 is -0.115. The smallest absolute Gasteiger partial charge is 0.198 e. The van der Waals surface area contributed by atoms with E-state index in [1.165, 1.54) is 12.1 Å². The number of thioether (sulfide) groups is 1. The van der Waals surface area contributed by atoms with Gasteiger partial charge in [-0.1, -0.05) is 12.1 Å². The van der Waals surface area contributed by atoms with E-state index < -0.39 is 5.51 Å². The lowest BCUT2D eigenvalue weighted by Crippen LogP contribution is -1.98. The lowest BCUT2D eigenvalue weighted by atomic mass is 10.1. The third kappa shape index (κ3) is 5.08. The lowest BCUT2D eigenvalue weighted by Gasteiger charge is -2.06. The average molecular weight is 245 g/mol. The Morgan fingerprint density at radius 1 is 1.19 bits per heavy atom. The van der Waals surface area contributed by atoms with Gasteiger partial charge in [-0.25, -0.2) is 0 Å². The number of halogens is 3. The predicted octanol–water partition coefficient (Wildman–Crippen LogP) is 4.14. The third-order valence-corrected chi connectivity index (χ3v) is 2.65. The molecule has 5 heteroatoms. The van der Waals surface area contributed by atoms with E-state index in [9.17, 15) is 13.2 Å². The number of unbranched alkanes of at least 4 members (excludes halogenated alkanes) is 1. The van der Waals surface area contributed by atoms with E-state index in [1.54, 1.807) is 12.1 Å². The molecule has 1 aromatic carbocycles. The maximum absolute atomic E-state index is 12.0. The minimum atomic E-state index is -4.23. The Balaban J connectivity index is 2.52. The van der Waals surface area contributed by atoms with Crippen LogP contribution in [0.4, 0.5) is 13.2 Å². The number of rotatable bonds is 4. The number of aryl methyl sites for hydroxylation is 1. The second kappa shape index (κ2) is 5.80. The minimum Gasteiger partial charge on any atom is -0.198 e. The molecule has 0 aliphatic carbocycles. The Morgan fingerprint density at radius 3 is 2.31 bits per heavy atom. The number of nitriles is 1.